The molecular weight excluding hydrogens is 394 g/mol. The highest BCUT2D eigenvalue weighted by Crippen LogP contribution is 2.38. The molecule has 7 heteroatoms. The van der Waals surface area contributed by atoms with E-state index in [2.05, 4.69) is 31.8 Å². The van der Waals surface area contributed by atoms with Gasteiger partial charge in [-0.25, -0.2) is 0 Å². The van der Waals surface area contributed by atoms with Gasteiger partial charge in [-0.1, -0.05) is 60.3 Å². The summed E-state index contributed by atoms with van der Waals surface area (Å²) in [6.07, 6.45) is 3.58. The van der Waals surface area contributed by atoms with Crippen LogP contribution in [0.1, 0.15) is 30.1 Å². The zero-order chi connectivity index (χ0) is 20.9. The Hall–Kier alpha value is -2.80. The van der Waals surface area contributed by atoms with Crippen LogP contribution in [0.5, 0.6) is 0 Å². The average Bonchev–Trinajstić information content (AvgIpc) is 3.22. The fourth-order valence-corrected chi connectivity index (χ4v) is 4.87. The predicted octanol–water partition coefficient (Wildman–Crippen LogP) is 4.18. The Bertz CT molecular complexity index is 968. The molecule has 0 aliphatic carbocycles. The van der Waals surface area contributed by atoms with Crippen LogP contribution in [-0.2, 0) is 4.79 Å². The van der Waals surface area contributed by atoms with E-state index in [1.165, 1.54) is 18.2 Å². The molecule has 1 atom stereocenters. The van der Waals surface area contributed by atoms with E-state index in [1.807, 2.05) is 48.5 Å². The van der Waals surface area contributed by atoms with Crippen molar-refractivity contribution in [3.63, 3.8) is 0 Å². The van der Waals surface area contributed by atoms with E-state index >= 15 is 0 Å². The molecule has 2 aromatic carbocycles. The van der Waals surface area contributed by atoms with Crippen LogP contribution in [0, 0.1) is 0 Å². The fraction of sp³-hybridized carbons (Fsp3) is 0.348. The molecule has 2 heterocycles. The number of amides is 1. The van der Waals surface area contributed by atoms with Gasteiger partial charge in [-0.3, -0.25) is 9.36 Å². The maximum atomic E-state index is 13.0. The Morgan fingerprint density at radius 3 is 2.20 bits per heavy atom. The predicted molar refractivity (Wildman–Crippen MR) is 121 cm³/mol. The van der Waals surface area contributed by atoms with Crippen molar-refractivity contribution in [1.29, 1.82) is 0 Å². The summed E-state index contributed by atoms with van der Waals surface area (Å²) in [6, 6.07) is 20.0. The molecule has 0 N–H and O–H groups in total. The number of likely N-dealkylation sites (N-methyl/N-ethyl adjacent to an activating group) is 1. The van der Waals surface area contributed by atoms with E-state index in [-0.39, 0.29) is 11.2 Å². The maximum absolute atomic E-state index is 13.0. The van der Waals surface area contributed by atoms with Crippen molar-refractivity contribution in [2.24, 2.45) is 0 Å². The number of hydrogen-bond donors (Lipinski definition) is 0. The van der Waals surface area contributed by atoms with Crippen molar-refractivity contribution >= 4 is 23.6 Å². The number of hydrogen-bond acceptors (Lipinski definition) is 5. The number of benzene rings is 2. The summed E-state index contributed by atoms with van der Waals surface area (Å²) in [5.74, 6) is 0.890. The SMILES string of the molecule is CN(C)C(=O)C(Sc1nnc(N2CCCCC2)n1-c1ccccc1)c1ccccc1. The standard InChI is InChI=1S/C23H27N5OS/c1-26(2)21(29)20(18-12-6-3-7-13-18)30-23-25-24-22(27-16-10-5-11-17-27)28(23)19-14-8-4-9-15-19/h3-4,6-9,12-15,20H,5,10-11,16-17H2,1-2H3. The molecule has 0 bridgehead atoms. The first-order valence-electron chi connectivity index (χ1n) is 10.3. The van der Waals surface area contributed by atoms with Crippen LogP contribution in [0.15, 0.2) is 65.8 Å². The minimum absolute atomic E-state index is 0.0355. The summed E-state index contributed by atoms with van der Waals surface area (Å²) in [5.41, 5.74) is 1.97. The lowest BCUT2D eigenvalue weighted by molar-refractivity contribution is -0.128. The molecule has 1 aliphatic heterocycles. The van der Waals surface area contributed by atoms with Crippen molar-refractivity contribution < 1.29 is 4.79 Å². The molecular formula is C23H27N5OS. The number of carbonyl (C=O) groups is 1. The fourth-order valence-electron chi connectivity index (χ4n) is 3.67. The van der Waals surface area contributed by atoms with Crippen molar-refractivity contribution in [1.82, 2.24) is 19.7 Å². The number of aromatic nitrogens is 3. The summed E-state index contributed by atoms with van der Waals surface area (Å²) in [5, 5.41) is 9.44. The number of piperidine rings is 1. The highest BCUT2D eigenvalue weighted by Gasteiger charge is 2.28. The number of rotatable bonds is 6. The summed E-state index contributed by atoms with van der Waals surface area (Å²) in [6.45, 7) is 1.96. The third-order valence-electron chi connectivity index (χ3n) is 5.26. The largest absolute Gasteiger partial charge is 0.348 e. The lowest BCUT2D eigenvalue weighted by Crippen LogP contribution is -2.31. The van der Waals surface area contributed by atoms with Gasteiger partial charge in [0.25, 0.3) is 0 Å². The number of para-hydroxylation sites is 1. The van der Waals surface area contributed by atoms with Crippen LogP contribution in [0.2, 0.25) is 0 Å². The second kappa shape index (κ2) is 9.34. The molecule has 0 saturated carbocycles. The molecule has 1 aromatic heterocycles. The molecule has 4 rings (SSSR count). The van der Waals surface area contributed by atoms with E-state index in [4.69, 9.17) is 0 Å². The van der Waals surface area contributed by atoms with Gasteiger partial charge in [-0.05, 0) is 37.0 Å². The van der Waals surface area contributed by atoms with E-state index < -0.39 is 0 Å². The first-order chi connectivity index (χ1) is 14.6. The zero-order valence-electron chi connectivity index (χ0n) is 17.4. The van der Waals surface area contributed by atoms with E-state index in [9.17, 15) is 4.79 Å². The minimum atomic E-state index is -0.387. The van der Waals surface area contributed by atoms with Crippen LogP contribution < -0.4 is 4.90 Å². The molecule has 1 fully saturated rings. The van der Waals surface area contributed by atoms with Gasteiger partial charge in [-0.15, -0.1) is 10.2 Å². The number of nitrogens with zero attached hydrogens (tertiary/aromatic N) is 5. The van der Waals surface area contributed by atoms with Gasteiger partial charge in [0, 0.05) is 27.2 Å². The smallest absolute Gasteiger partial charge is 0.240 e. The molecule has 30 heavy (non-hydrogen) atoms. The molecule has 1 saturated heterocycles. The van der Waals surface area contributed by atoms with Gasteiger partial charge in [0.05, 0.1) is 5.69 Å². The van der Waals surface area contributed by atoms with Gasteiger partial charge in [-0.2, -0.15) is 0 Å². The van der Waals surface area contributed by atoms with Crippen LogP contribution >= 0.6 is 11.8 Å². The first-order valence-corrected chi connectivity index (χ1v) is 11.2. The van der Waals surface area contributed by atoms with Gasteiger partial charge >= 0.3 is 0 Å². The quantitative estimate of drug-likeness (QED) is 0.559. The van der Waals surface area contributed by atoms with Gasteiger partial charge in [0.15, 0.2) is 5.16 Å². The second-order valence-corrected chi connectivity index (χ2v) is 8.71. The molecule has 6 nitrogen and oxygen atoms in total. The Balaban J connectivity index is 1.75. The lowest BCUT2D eigenvalue weighted by Gasteiger charge is -2.28. The molecule has 0 spiro atoms. The van der Waals surface area contributed by atoms with Crippen molar-refractivity contribution in [3.8, 4) is 5.69 Å². The van der Waals surface area contributed by atoms with Gasteiger partial charge < -0.3 is 9.80 Å². The highest BCUT2D eigenvalue weighted by molar-refractivity contribution is 8.00. The van der Waals surface area contributed by atoms with Gasteiger partial charge in [0.2, 0.25) is 11.9 Å². The Kier molecular flexibility index (Phi) is 6.38. The Morgan fingerprint density at radius 1 is 0.933 bits per heavy atom. The molecule has 156 valence electrons. The van der Waals surface area contributed by atoms with Gasteiger partial charge in [0.1, 0.15) is 5.25 Å². The monoisotopic (exact) mass is 421 g/mol. The Labute approximate surface area is 181 Å². The topological polar surface area (TPSA) is 54.3 Å². The number of thioether (sulfide) groups is 1. The highest BCUT2D eigenvalue weighted by atomic mass is 32.2. The van der Waals surface area contributed by atoms with Crippen molar-refractivity contribution in [2.75, 3.05) is 32.1 Å². The number of anilines is 1. The third-order valence-corrected chi connectivity index (χ3v) is 6.44. The van der Waals surface area contributed by atoms with Crippen LogP contribution in [0.25, 0.3) is 5.69 Å². The van der Waals surface area contributed by atoms with Crippen LogP contribution in [0.4, 0.5) is 5.95 Å². The first kappa shape index (κ1) is 20.5. The summed E-state index contributed by atoms with van der Waals surface area (Å²) >= 11 is 1.46. The summed E-state index contributed by atoms with van der Waals surface area (Å²) in [4.78, 5) is 17.0. The van der Waals surface area contributed by atoms with E-state index in [0.29, 0.717) is 0 Å². The minimum Gasteiger partial charge on any atom is -0.348 e. The van der Waals surface area contributed by atoms with Crippen molar-refractivity contribution in [3.05, 3.63) is 66.2 Å². The Morgan fingerprint density at radius 2 is 1.57 bits per heavy atom. The van der Waals surface area contributed by atoms with E-state index in [0.717, 1.165) is 48.3 Å². The summed E-state index contributed by atoms with van der Waals surface area (Å²) < 4.78 is 2.09. The third kappa shape index (κ3) is 4.36. The van der Waals surface area contributed by atoms with E-state index in [1.54, 1.807) is 19.0 Å². The number of carbonyl (C=O) groups excluding carboxylic acids is 1. The lowest BCUT2D eigenvalue weighted by atomic mass is 10.1. The zero-order valence-corrected chi connectivity index (χ0v) is 18.3. The van der Waals surface area contributed by atoms with Crippen LogP contribution in [-0.4, -0.2) is 52.8 Å². The molecule has 3 aromatic rings. The normalized spacial score (nSPS) is 15.1. The maximum Gasteiger partial charge on any atom is 0.240 e. The molecule has 0 radical (unpaired) electrons. The van der Waals surface area contributed by atoms with Crippen LogP contribution in [0.3, 0.4) is 0 Å². The summed E-state index contributed by atoms with van der Waals surface area (Å²) in [7, 11) is 3.58. The molecule has 1 aliphatic rings. The molecule has 1 amide bonds. The van der Waals surface area contributed by atoms with Crippen molar-refractivity contribution in [2.45, 2.75) is 29.7 Å². The second-order valence-electron chi connectivity index (χ2n) is 7.64. The average molecular weight is 422 g/mol. The molecule has 1 unspecified atom stereocenters.